The lowest BCUT2D eigenvalue weighted by atomic mass is 10.2. The molecule has 0 spiro atoms. The van der Waals surface area contributed by atoms with Crippen molar-refractivity contribution in [1.82, 2.24) is 4.98 Å². The van der Waals surface area contributed by atoms with Gasteiger partial charge in [0, 0.05) is 16.9 Å². The Kier molecular flexibility index (Phi) is 3.46. The van der Waals surface area contributed by atoms with Gasteiger partial charge in [0.05, 0.1) is 16.3 Å². The Morgan fingerprint density at radius 1 is 1.40 bits per heavy atom. The van der Waals surface area contributed by atoms with Gasteiger partial charge in [0.2, 0.25) is 0 Å². The summed E-state index contributed by atoms with van der Waals surface area (Å²) in [7, 11) is 0. The lowest BCUT2D eigenvalue weighted by molar-refractivity contribution is 0.964. The predicted molar refractivity (Wildman–Crippen MR) is 85.7 cm³/mol. The molecule has 1 aliphatic rings. The normalized spacial score (nSPS) is 14.5. The minimum Gasteiger partial charge on any atom is -0.375 e. The van der Waals surface area contributed by atoms with Crippen LogP contribution in [0.3, 0.4) is 0 Å². The first-order valence-electron chi connectivity index (χ1n) is 6.11. The Balaban J connectivity index is 1.82. The van der Waals surface area contributed by atoms with Crippen molar-refractivity contribution in [3.63, 3.8) is 0 Å². The molecule has 0 amide bonds. The summed E-state index contributed by atoms with van der Waals surface area (Å²) in [5, 5.41) is 1.29. The van der Waals surface area contributed by atoms with E-state index in [2.05, 4.69) is 9.98 Å². The zero-order valence-electron chi connectivity index (χ0n) is 10.9. The molecule has 0 unspecified atom stereocenters. The van der Waals surface area contributed by atoms with E-state index >= 15 is 0 Å². The number of aryl methyl sites for hydroxylation is 1. The van der Waals surface area contributed by atoms with Crippen LogP contribution in [0.15, 0.2) is 41.5 Å². The molecule has 0 atom stereocenters. The average Bonchev–Trinajstić information content (AvgIpc) is 2.78. The fourth-order valence-corrected chi connectivity index (χ4v) is 3.04. The topological polar surface area (TPSA) is 54.5 Å². The molecule has 0 bridgehead atoms. The van der Waals surface area contributed by atoms with E-state index in [1.165, 1.54) is 11.3 Å². The summed E-state index contributed by atoms with van der Waals surface area (Å²) in [6, 6.07) is 7.71. The van der Waals surface area contributed by atoms with Crippen LogP contribution in [0.4, 0.5) is 10.8 Å². The molecule has 102 valence electrons. The Labute approximate surface area is 126 Å². The van der Waals surface area contributed by atoms with E-state index in [4.69, 9.17) is 17.3 Å². The molecule has 20 heavy (non-hydrogen) atoms. The van der Waals surface area contributed by atoms with Crippen molar-refractivity contribution >= 4 is 39.5 Å². The predicted octanol–water partition coefficient (Wildman–Crippen LogP) is 3.47. The van der Waals surface area contributed by atoms with Crippen LogP contribution in [0, 0.1) is 6.92 Å². The van der Waals surface area contributed by atoms with Crippen LogP contribution in [0.5, 0.6) is 0 Å². The molecule has 0 saturated carbocycles. The highest BCUT2D eigenvalue weighted by Gasteiger charge is 2.14. The van der Waals surface area contributed by atoms with E-state index in [1.54, 1.807) is 0 Å². The smallest absolute Gasteiger partial charge is 0.180 e. The molecule has 0 saturated heterocycles. The molecular formula is C14H13ClN4S. The Morgan fingerprint density at radius 3 is 2.85 bits per heavy atom. The standard InChI is InChI=1S/C14H13ClN4S/c1-9-13(20-14(16)18-9)12-5-6-19(8-17-12)11-4-2-3-10(15)7-11/h2-7H,8H2,1H3,(H2,16,18). The third-order valence-electron chi connectivity index (χ3n) is 2.99. The molecule has 3 rings (SSSR count). The molecule has 4 nitrogen and oxygen atoms in total. The zero-order valence-corrected chi connectivity index (χ0v) is 12.4. The van der Waals surface area contributed by atoms with Gasteiger partial charge in [0.1, 0.15) is 6.67 Å². The SMILES string of the molecule is Cc1nc(N)sc1C1=NCN(c2cccc(Cl)c2)C=C1. The van der Waals surface area contributed by atoms with Crippen LogP contribution in [0.2, 0.25) is 5.02 Å². The largest absolute Gasteiger partial charge is 0.375 e. The summed E-state index contributed by atoms with van der Waals surface area (Å²) in [4.78, 5) is 11.9. The first-order valence-corrected chi connectivity index (χ1v) is 7.31. The summed E-state index contributed by atoms with van der Waals surface area (Å²) in [6.07, 6.45) is 3.98. The van der Waals surface area contributed by atoms with Crippen LogP contribution in [-0.4, -0.2) is 17.4 Å². The monoisotopic (exact) mass is 304 g/mol. The molecule has 0 radical (unpaired) electrons. The van der Waals surface area contributed by atoms with E-state index in [0.717, 1.165) is 27.0 Å². The number of hydrogen-bond acceptors (Lipinski definition) is 5. The van der Waals surface area contributed by atoms with E-state index in [1.807, 2.05) is 48.4 Å². The maximum atomic E-state index is 6.01. The fourth-order valence-electron chi connectivity index (χ4n) is 2.04. The molecule has 1 aromatic heterocycles. The highest BCUT2D eigenvalue weighted by Crippen LogP contribution is 2.25. The fraction of sp³-hybridized carbons (Fsp3) is 0.143. The van der Waals surface area contributed by atoms with Crippen LogP contribution < -0.4 is 10.6 Å². The summed E-state index contributed by atoms with van der Waals surface area (Å²) < 4.78 is 0. The second-order valence-corrected chi connectivity index (χ2v) is 5.88. The lowest BCUT2D eigenvalue weighted by Crippen LogP contribution is -2.21. The van der Waals surface area contributed by atoms with Crippen molar-refractivity contribution < 1.29 is 0 Å². The van der Waals surface area contributed by atoms with Gasteiger partial charge < -0.3 is 10.6 Å². The number of thiazole rings is 1. The molecule has 1 aromatic carbocycles. The van der Waals surface area contributed by atoms with Crippen molar-refractivity contribution in [2.75, 3.05) is 17.3 Å². The lowest BCUT2D eigenvalue weighted by Gasteiger charge is -2.22. The van der Waals surface area contributed by atoms with Crippen LogP contribution >= 0.6 is 22.9 Å². The quantitative estimate of drug-likeness (QED) is 0.924. The van der Waals surface area contributed by atoms with Gasteiger partial charge >= 0.3 is 0 Å². The Hall–Kier alpha value is -1.85. The van der Waals surface area contributed by atoms with Crippen molar-refractivity contribution in [3.05, 3.63) is 52.1 Å². The van der Waals surface area contributed by atoms with Crippen molar-refractivity contribution in [2.45, 2.75) is 6.92 Å². The van der Waals surface area contributed by atoms with Crippen LogP contribution in [0.1, 0.15) is 10.6 Å². The summed E-state index contributed by atoms with van der Waals surface area (Å²) in [5.41, 5.74) is 8.60. The minimum atomic E-state index is 0.559. The number of hydrogen-bond donors (Lipinski definition) is 1. The highest BCUT2D eigenvalue weighted by molar-refractivity contribution is 7.17. The molecule has 2 heterocycles. The molecular weight excluding hydrogens is 292 g/mol. The number of nitrogens with two attached hydrogens (primary N) is 1. The van der Waals surface area contributed by atoms with Gasteiger partial charge in [-0.3, -0.25) is 4.99 Å². The van der Waals surface area contributed by atoms with Gasteiger partial charge in [-0.1, -0.05) is 29.0 Å². The second-order valence-electron chi connectivity index (χ2n) is 4.42. The number of benzene rings is 1. The van der Waals surface area contributed by atoms with E-state index in [0.29, 0.717) is 11.8 Å². The summed E-state index contributed by atoms with van der Waals surface area (Å²) in [5.74, 6) is 0. The number of rotatable bonds is 2. The number of anilines is 2. The van der Waals surface area contributed by atoms with Gasteiger partial charge in [-0.05, 0) is 31.2 Å². The minimum absolute atomic E-state index is 0.559. The Morgan fingerprint density at radius 2 is 2.25 bits per heavy atom. The molecule has 0 fully saturated rings. The van der Waals surface area contributed by atoms with Gasteiger partial charge in [-0.25, -0.2) is 4.98 Å². The third kappa shape index (κ3) is 2.55. The first kappa shape index (κ1) is 13.1. The maximum absolute atomic E-state index is 6.01. The second kappa shape index (κ2) is 5.26. The zero-order chi connectivity index (χ0) is 14.1. The van der Waals surface area contributed by atoms with E-state index in [-0.39, 0.29) is 0 Å². The number of halogens is 1. The van der Waals surface area contributed by atoms with Gasteiger partial charge in [-0.15, -0.1) is 0 Å². The third-order valence-corrected chi connectivity index (χ3v) is 4.24. The number of nitrogen functional groups attached to an aromatic ring is 1. The van der Waals surface area contributed by atoms with E-state index < -0.39 is 0 Å². The molecule has 1 aliphatic heterocycles. The van der Waals surface area contributed by atoms with Crippen molar-refractivity contribution in [1.29, 1.82) is 0 Å². The van der Waals surface area contributed by atoms with E-state index in [9.17, 15) is 0 Å². The maximum Gasteiger partial charge on any atom is 0.180 e. The number of allylic oxidation sites excluding steroid dienone is 1. The number of aromatic nitrogens is 1. The van der Waals surface area contributed by atoms with Crippen LogP contribution in [0.25, 0.3) is 0 Å². The Bertz CT molecular complexity index is 705. The average molecular weight is 305 g/mol. The van der Waals surface area contributed by atoms with Gasteiger partial charge in [0.25, 0.3) is 0 Å². The van der Waals surface area contributed by atoms with Crippen molar-refractivity contribution in [3.8, 4) is 0 Å². The molecule has 6 heteroatoms. The number of aliphatic imine (C=N–C) groups is 1. The highest BCUT2D eigenvalue weighted by atomic mass is 35.5. The number of nitrogens with zero attached hydrogens (tertiary/aromatic N) is 3. The summed E-state index contributed by atoms with van der Waals surface area (Å²) in [6.45, 7) is 2.51. The molecule has 0 aliphatic carbocycles. The first-order chi connectivity index (χ1) is 9.63. The summed E-state index contributed by atoms with van der Waals surface area (Å²) >= 11 is 7.47. The molecule has 2 N–H and O–H groups in total. The molecule has 2 aromatic rings. The van der Waals surface area contributed by atoms with Gasteiger partial charge in [0.15, 0.2) is 5.13 Å². The van der Waals surface area contributed by atoms with Crippen LogP contribution in [-0.2, 0) is 0 Å². The van der Waals surface area contributed by atoms with Crippen molar-refractivity contribution in [2.24, 2.45) is 4.99 Å². The van der Waals surface area contributed by atoms with Gasteiger partial charge in [-0.2, -0.15) is 0 Å².